The molecule has 0 saturated heterocycles. The normalized spacial score (nSPS) is 14.0. The van der Waals surface area contributed by atoms with Gasteiger partial charge in [0, 0.05) is 23.9 Å². The van der Waals surface area contributed by atoms with Crippen LogP contribution in [0.3, 0.4) is 0 Å². The molecule has 3 rings (SSSR count). The lowest BCUT2D eigenvalue weighted by atomic mass is 10.1. The zero-order valence-electron chi connectivity index (χ0n) is 11.2. The van der Waals surface area contributed by atoms with Gasteiger partial charge in [-0.25, -0.2) is 13.8 Å². The number of aromatic nitrogens is 1. The third-order valence-electron chi connectivity index (χ3n) is 3.29. The van der Waals surface area contributed by atoms with Crippen LogP contribution in [0.4, 0.5) is 19.6 Å². The number of hydrogen-bond donors (Lipinski definition) is 2. The molecule has 0 spiro atoms. The van der Waals surface area contributed by atoms with Crippen molar-refractivity contribution >= 4 is 28.1 Å². The summed E-state index contributed by atoms with van der Waals surface area (Å²) in [5, 5.41) is 7.32. The van der Waals surface area contributed by atoms with Crippen LogP contribution in [0.15, 0.2) is 17.5 Å². The Balaban J connectivity index is 1.78. The highest BCUT2D eigenvalue weighted by Gasteiger charge is 2.26. The van der Waals surface area contributed by atoms with Gasteiger partial charge in [0.25, 0.3) is 5.91 Å². The van der Waals surface area contributed by atoms with Crippen molar-refractivity contribution in [2.24, 2.45) is 0 Å². The molecule has 0 aliphatic heterocycles. The number of carbonyl (C=O) groups excluding carboxylic acids is 1. The van der Waals surface area contributed by atoms with Crippen molar-refractivity contribution in [3.63, 3.8) is 0 Å². The molecule has 1 aromatic heterocycles. The minimum absolute atomic E-state index is 0.0767. The van der Waals surface area contributed by atoms with E-state index in [1.807, 2.05) is 5.38 Å². The second-order valence-electron chi connectivity index (χ2n) is 4.87. The summed E-state index contributed by atoms with van der Waals surface area (Å²) in [4.78, 5) is 16.3. The summed E-state index contributed by atoms with van der Waals surface area (Å²) in [7, 11) is 1.41. The van der Waals surface area contributed by atoms with E-state index in [2.05, 4.69) is 15.6 Å². The molecular weight excluding hydrogens is 296 g/mol. The summed E-state index contributed by atoms with van der Waals surface area (Å²) in [5.41, 5.74) is 0.641. The summed E-state index contributed by atoms with van der Waals surface area (Å²) in [6.07, 6.45) is 2.25. The van der Waals surface area contributed by atoms with Crippen molar-refractivity contribution in [1.82, 2.24) is 4.98 Å². The number of rotatable bonds is 4. The van der Waals surface area contributed by atoms with Gasteiger partial charge in [0.05, 0.1) is 5.69 Å². The van der Waals surface area contributed by atoms with E-state index < -0.39 is 17.5 Å². The lowest BCUT2D eigenvalue weighted by Gasteiger charge is -2.07. The largest absolute Gasteiger partial charge is 0.383 e. The van der Waals surface area contributed by atoms with E-state index in [4.69, 9.17) is 0 Å². The molecule has 1 aromatic carbocycles. The Morgan fingerprint density at radius 3 is 2.57 bits per heavy atom. The van der Waals surface area contributed by atoms with Gasteiger partial charge in [-0.05, 0) is 25.0 Å². The van der Waals surface area contributed by atoms with Gasteiger partial charge in [-0.15, -0.1) is 11.3 Å². The average Bonchev–Trinajstić information content (AvgIpc) is 3.19. The van der Waals surface area contributed by atoms with Crippen molar-refractivity contribution in [2.45, 2.75) is 18.8 Å². The number of carbonyl (C=O) groups is 1. The number of halogens is 2. The first-order valence-electron chi connectivity index (χ1n) is 6.52. The number of nitrogens with zero attached hydrogens (tertiary/aromatic N) is 1. The van der Waals surface area contributed by atoms with E-state index in [1.165, 1.54) is 18.4 Å². The molecule has 0 atom stereocenters. The maximum absolute atomic E-state index is 13.6. The molecule has 1 heterocycles. The fourth-order valence-electron chi connectivity index (χ4n) is 2.02. The molecular formula is C14H13F2N3OS. The first-order chi connectivity index (χ1) is 10.1. The van der Waals surface area contributed by atoms with Gasteiger partial charge in [-0.1, -0.05) is 0 Å². The fourth-order valence-corrected chi connectivity index (χ4v) is 2.81. The van der Waals surface area contributed by atoms with E-state index in [0.717, 1.165) is 30.7 Å². The molecule has 2 N–H and O–H groups in total. The fraction of sp³-hybridized carbons (Fsp3) is 0.286. The summed E-state index contributed by atoms with van der Waals surface area (Å²) in [5.74, 6) is -1.69. The molecule has 0 bridgehead atoms. The smallest absolute Gasteiger partial charge is 0.257 e. The van der Waals surface area contributed by atoms with Gasteiger partial charge in [0.15, 0.2) is 5.13 Å². The monoisotopic (exact) mass is 309 g/mol. The summed E-state index contributed by atoms with van der Waals surface area (Å²) < 4.78 is 27.3. The van der Waals surface area contributed by atoms with Crippen molar-refractivity contribution in [2.75, 3.05) is 17.7 Å². The number of anilines is 2. The van der Waals surface area contributed by atoms with Crippen LogP contribution < -0.4 is 10.6 Å². The van der Waals surface area contributed by atoms with E-state index in [1.54, 1.807) is 0 Å². The maximum Gasteiger partial charge on any atom is 0.257 e. The first kappa shape index (κ1) is 13.9. The van der Waals surface area contributed by atoms with Crippen molar-refractivity contribution < 1.29 is 13.6 Å². The Labute approximate surface area is 124 Å². The molecule has 0 radical (unpaired) electrons. The SMILES string of the molecule is CNc1c(F)cc(C(=O)Nc2nc(C3CC3)cs2)cc1F. The first-order valence-corrected chi connectivity index (χ1v) is 7.40. The molecule has 1 aliphatic rings. The molecule has 1 aliphatic carbocycles. The van der Waals surface area contributed by atoms with Crippen LogP contribution in [-0.2, 0) is 0 Å². The van der Waals surface area contributed by atoms with Crippen molar-refractivity contribution in [3.05, 3.63) is 40.4 Å². The Kier molecular flexibility index (Phi) is 3.59. The molecule has 4 nitrogen and oxygen atoms in total. The zero-order valence-corrected chi connectivity index (χ0v) is 12.1. The Hall–Kier alpha value is -2.02. The van der Waals surface area contributed by atoms with E-state index in [-0.39, 0.29) is 11.3 Å². The van der Waals surface area contributed by atoms with Gasteiger partial charge < -0.3 is 5.32 Å². The minimum Gasteiger partial charge on any atom is -0.383 e. The highest BCUT2D eigenvalue weighted by atomic mass is 32.1. The van der Waals surface area contributed by atoms with Gasteiger partial charge in [-0.2, -0.15) is 0 Å². The Morgan fingerprint density at radius 2 is 2.00 bits per heavy atom. The quantitative estimate of drug-likeness (QED) is 0.907. The number of nitrogens with one attached hydrogen (secondary N) is 2. The number of benzene rings is 1. The third-order valence-corrected chi connectivity index (χ3v) is 4.07. The lowest BCUT2D eigenvalue weighted by molar-refractivity contribution is 0.102. The second kappa shape index (κ2) is 5.40. The number of amides is 1. The molecule has 1 saturated carbocycles. The number of hydrogen-bond acceptors (Lipinski definition) is 4. The molecule has 0 unspecified atom stereocenters. The van der Waals surface area contributed by atoms with Gasteiger partial charge in [0.1, 0.15) is 17.3 Å². The van der Waals surface area contributed by atoms with Crippen LogP contribution in [-0.4, -0.2) is 17.9 Å². The van der Waals surface area contributed by atoms with Gasteiger partial charge in [0.2, 0.25) is 0 Å². The molecule has 2 aromatic rings. The summed E-state index contributed by atoms with van der Waals surface area (Å²) >= 11 is 1.31. The van der Waals surface area contributed by atoms with E-state index >= 15 is 0 Å². The van der Waals surface area contributed by atoms with Gasteiger partial charge >= 0.3 is 0 Å². The van der Waals surface area contributed by atoms with Crippen LogP contribution in [0.1, 0.15) is 34.8 Å². The highest BCUT2D eigenvalue weighted by Crippen LogP contribution is 2.40. The summed E-state index contributed by atoms with van der Waals surface area (Å²) in [6.45, 7) is 0. The molecule has 1 fully saturated rings. The minimum atomic E-state index is -0.805. The van der Waals surface area contributed by atoms with Crippen molar-refractivity contribution in [3.8, 4) is 0 Å². The molecule has 110 valence electrons. The van der Waals surface area contributed by atoms with Crippen LogP contribution >= 0.6 is 11.3 Å². The summed E-state index contributed by atoms with van der Waals surface area (Å²) in [6, 6.07) is 2.00. The average molecular weight is 309 g/mol. The zero-order chi connectivity index (χ0) is 15.0. The van der Waals surface area contributed by atoms with E-state index in [0.29, 0.717) is 11.0 Å². The molecule has 1 amide bonds. The molecule has 21 heavy (non-hydrogen) atoms. The highest BCUT2D eigenvalue weighted by molar-refractivity contribution is 7.14. The van der Waals surface area contributed by atoms with Gasteiger partial charge in [-0.3, -0.25) is 10.1 Å². The second-order valence-corrected chi connectivity index (χ2v) is 5.73. The topological polar surface area (TPSA) is 54.0 Å². The number of thiazole rings is 1. The third kappa shape index (κ3) is 2.87. The van der Waals surface area contributed by atoms with Crippen LogP contribution in [0.5, 0.6) is 0 Å². The Bertz CT molecular complexity index is 674. The maximum atomic E-state index is 13.6. The predicted octanol–water partition coefficient (Wildman–Crippen LogP) is 3.59. The predicted molar refractivity (Wildman–Crippen MR) is 77.9 cm³/mol. The Morgan fingerprint density at radius 1 is 1.33 bits per heavy atom. The van der Waals surface area contributed by atoms with Crippen molar-refractivity contribution in [1.29, 1.82) is 0 Å². The van der Waals surface area contributed by atoms with Crippen LogP contribution in [0.2, 0.25) is 0 Å². The van der Waals surface area contributed by atoms with E-state index in [9.17, 15) is 13.6 Å². The molecule has 7 heteroatoms. The lowest BCUT2D eigenvalue weighted by Crippen LogP contribution is -2.13. The van der Waals surface area contributed by atoms with Crippen LogP contribution in [0.25, 0.3) is 0 Å². The van der Waals surface area contributed by atoms with Crippen LogP contribution in [0, 0.1) is 11.6 Å². The standard InChI is InChI=1S/C14H13F2N3OS/c1-17-12-9(15)4-8(5-10(12)16)13(20)19-14-18-11(6-21-14)7-2-3-7/h4-7,17H,2-3H2,1H3,(H,18,19,20).